The second kappa shape index (κ2) is 12.1. The molecular formula is C23H30FN2O7PS2. The zero-order chi connectivity index (χ0) is 26.6. The number of esters is 1. The van der Waals surface area contributed by atoms with Gasteiger partial charge in [0.15, 0.2) is 17.2 Å². The average Bonchev–Trinajstić information content (AvgIpc) is 3.08. The van der Waals surface area contributed by atoms with E-state index in [2.05, 4.69) is 4.98 Å². The number of nitrogens with one attached hydrogen (secondary N) is 1. The van der Waals surface area contributed by atoms with Crippen molar-refractivity contribution in [2.75, 3.05) is 12.8 Å². The first-order valence-corrected chi connectivity index (χ1v) is 13.9. The minimum absolute atomic E-state index is 0.127. The molecule has 9 nitrogen and oxygen atoms in total. The fourth-order valence-corrected chi connectivity index (χ4v) is 5.89. The van der Waals surface area contributed by atoms with Gasteiger partial charge in [0.1, 0.15) is 22.6 Å². The van der Waals surface area contributed by atoms with Crippen molar-refractivity contribution in [3.8, 4) is 5.75 Å². The van der Waals surface area contributed by atoms with E-state index in [0.29, 0.717) is 10.2 Å². The number of benzene rings is 1. The van der Waals surface area contributed by atoms with E-state index in [9.17, 15) is 14.5 Å². The number of carbonyl (C=O) groups is 1. The number of nitrogens with zero attached hydrogens (tertiary/aromatic N) is 1. The zero-order valence-corrected chi connectivity index (χ0v) is 22.9. The van der Waals surface area contributed by atoms with Gasteiger partial charge in [0, 0.05) is 11.8 Å². The Balaban J connectivity index is 1.77. The molecule has 2 heterocycles. The number of halogens is 1. The van der Waals surface area contributed by atoms with E-state index in [4.69, 9.17) is 43.0 Å². The summed E-state index contributed by atoms with van der Waals surface area (Å²) in [6.45, 7) is 6.23. The van der Waals surface area contributed by atoms with Crippen LogP contribution in [0.3, 0.4) is 0 Å². The summed E-state index contributed by atoms with van der Waals surface area (Å²) < 4.78 is 52.8. The van der Waals surface area contributed by atoms with E-state index in [1.54, 1.807) is 64.2 Å². The maximum atomic E-state index is 15.0. The summed E-state index contributed by atoms with van der Waals surface area (Å²) in [4.78, 5) is 15.1. The smallest absolute Gasteiger partial charge is 0.380 e. The van der Waals surface area contributed by atoms with Crippen molar-refractivity contribution in [1.82, 2.24) is 9.55 Å². The second-order valence-electron chi connectivity index (χ2n) is 8.86. The van der Waals surface area contributed by atoms with Crippen LogP contribution in [0.25, 0.3) is 0 Å². The summed E-state index contributed by atoms with van der Waals surface area (Å²) in [7, 11) is -3.97. The van der Waals surface area contributed by atoms with E-state index in [1.165, 1.54) is 4.57 Å². The number of H-pyrrole nitrogens is 1. The van der Waals surface area contributed by atoms with E-state index in [-0.39, 0.29) is 22.8 Å². The second-order valence-corrected chi connectivity index (χ2v) is 11.7. The maximum absolute atomic E-state index is 15.0. The first kappa shape index (κ1) is 28.6. The molecule has 1 aromatic heterocycles. The van der Waals surface area contributed by atoms with Gasteiger partial charge in [-0.3, -0.25) is 13.9 Å². The Kier molecular flexibility index (Phi) is 9.59. The SMILES string of the molecule is Cc1cn([C@H]2O[C@@H](COP(=O)(C[C@@H](C)C(=O)OC(C)C)Oc3ccccc3)C(O)[C@H]2F)c(=S)[nH]c1=S. The molecule has 1 aliphatic rings. The molecule has 13 heteroatoms. The number of aromatic nitrogens is 2. The largest absolute Gasteiger partial charge is 0.463 e. The normalized spacial score (nSPS) is 24.3. The van der Waals surface area contributed by atoms with Gasteiger partial charge in [0.05, 0.1) is 24.8 Å². The lowest BCUT2D eigenvalue weighted by Gasteiger charge is -2.24. The van der Waals surface area contributed by atoms with Crippen LogP contribution in [0.5, 0.6) is 5.75 Å². The van der Waals surface area contributed by atoms with E-state index < -0.39 is 50.7 Å². The molecule has 0 spiro atoms. The lowest BCUT2D eigenvalue weighted by Crippen LogP contribution is -2.32. The van der Waals surface area contributed by atoms with Gasteiger partial charge >= 0.3 is 13.6 Å². The molecule has 0 aliphatic carbocycles. The fraction of sp³-hybridized carbons (Fsp3) is 0.522. The monoisotopic (exact) mass is 560 g/mol. The van der Waals surface area contributed by atoms with E-state index in [1.807, 2.05) is 0 Å². The van der Waals surface area contributed by atoms with Crippen molar-refractivity contribution in [1.29, 1.82) is 0 Å². The fourth-order valence-electron chi connectivity index (χ4n) is 3.54. The van der Waals surface area contributed by atoms with Crippen LogP contribution in [0, 0.1) is 22.3 Å². The van der Waals surface area contributed by atoms with Crippen molar-refractivity contribution in [2.24, 2.45) is 5.92 Å². The van der Waals surface area contributed by atoms with Crippen molar-refractivity contribution >= 4 is 38.0 Å². The number of rotatable bonds is 10. The topological polar surface area (TPSA) is 112 Å². The molecule has 36 heavy (non-hydrogen) atoms. The summed E-state index contributed by atoms with van der Waals surface area (Å²) in [5.41, 5.74) is 0.645. The first-order valence-electron chi connectivity index (χ1n) is 11.4. The summed E-state index contributed by atoms with van der Waals surface area (Å²) >= 11 is 10.4. The highest BCUT2D eigenvalue weighted by Crippen LogP contribution is 2.50. The molecule has 0 bridgehead atoms. The number of alkyl halides is 1. The number of aliphatic hydroxyl groups is 1. The molecule has 2 N–H and O–H groups in total. The number of aliphatic hydroxyl groups excluding tert-OH is 1. The van der Waals surface area contributed by atoms with Crippen LogP contribution in [0.15, 0.2) is 36.5 Å². The number of hydrogen-bond donors (Lipinski definition) is 2. The number of ether oxygens (including phenoxy) is 2. The van der Waals surface area contributed by atoms with Gasteiger partial charge in [-0.15, -0.1) is 0 Å². The lowest BCUT2D eigenvalue weighted by atomic mass is 10.1. The third kappa shape index (κ3) is 7.08. The molecule has 1 aliphatic heterocycles. The standard InChI is InChI=1S/C23H30FN2O7PS2/c1-13(2)31-22(28)15(4)12-34(29,33-16-8-6-5-7-9-16)30-11-17-19(27)18(24)21(32-17)26-10-14(3)20(35)25-23(26)36/h5-10,13,15,17-19,21,27H,11-12H2,1-4H3,(H,25,35,36)/t15-,17+,18-,19?,21+,34?/m1/s1. The van der Waals surface area contributed by atoms with Crippen LogP contribution in [0.2, 0.25) is 0 Å². The Hall–Kier alpha value is -1.95. The van der Waals surface area contributed by atoms with Gasteiger partial charge in [0.2, 0.25) is 0 Å². The van der Waals surface area contributed by atoms with Crippen molar-refractivity contribution < 1.29 is 37.4 Å². The predicted octanol–water partition coefficient (Wildman–Crippen LogP) is 5.06. The van der Waals surface area contributed by atoms with Crippen molar-refractivity contribution in [3.05, 3.63) is 51.5 Å². The Morgan fingerprint density at radius 3 is 2.58 bits per heavy atom. The molecule has 1 saturated heterocycles. The van der Waals surface area contributed by atoms with Gasteiger partial charge in [-0.2, -0.15) is 0 Å². The van der Waals surface area contributed by atoms with E-state index in [0.717, 1.165) is 0 Å². The molecule has 0 radical (unpaired) electrons. The van der Waals surface area contributed by atoms with E-state index >= 15 is 4.39 Å². The van der Waals surface area contributed by atoms with Gasteiger partial charge in [-0.1, -0.05) is 37.3 Å². The quantitative estimate of drug-likeness (QED) is 0.234. The Morgan fingerprint density at radius 1 is 1.28 bits per heavy atom. The molecule has 2 unspecified atom stereocenters. The number of aryl methyl sites for hydroxylation is 1. The molecule has 6 atom stereocenters. The molecular weight excluding hydrogens is 530 g/mol. The Labute approximate surface area is 219 Å². The summed E-state index contributed by atoms with van der Waals surface area (Å²) in [5.74, 6) is -1.11. The number of aromatic amines is 1. The van der Waals surface area contributed by atoms with Gasteiger partial charge in [0.25, 0.3) is 0 Å². The van der Waals surface area contributed by atoms with Crippen molar-refractivity contribution in [3.63, 3.8) is 0 Å². The summed E-state index contributed by atoms with van der Waals surface area (Å²) in [6, 6.07) is 8.31. The summed E-state index contributed by atoms with van der Waals surface area (Å²) in [6.07, 6.45) is -4.96. The van der Waals surface area contributed by atoms with Crippen molar-refractivity contribution in [2.45, 2.75) is 58.4 Å². The molecule has 2 aromatic rings. The zero-order valence-electron chi connectivity index (χ0n) is 20.3. The Morgan fingerprint density at radius 2 is 1.94 bits per heavy atom. The third-order valence-corrected chi connectivity index (χ3v) is 8.15. The van der Waals surface area contributed by atoms with Crippen LogP contribution in [-0.2, 0) is 23.4 Å². The van der Waals surface area contributed by atoms with Crippen LogP contribution < -0.4 is 4.52 Å². The molecule has 1 fully saturated rings. The molecule has 3 rings (SSSR count). The van der Waals surface area contributed by atoms with Crippen LogP contribution in [0.1, 0.15) is 32.6 Å². The average molecular weight is 561 g/mol. The molecule has 198 valence electrons. The van der Waals surface area contributed by atoms with Gasteiger partial charge < -0.3 is 24.1 Å². The number of para-hydroxylation sites is 1. The highest BCUT2D eigenvalue weighted by molar-refractivity contribution is 7.72. The minimum atomic E-state index is -3.97. The molecule has 0 saturated carbocycles. The highest BCUT2D eigenvalue weighted by Gasteiger charge is 2.46. The summed E-state index contributed by atoms with van der Waals surface area (Å²) in [5, 5.41) is 10.5. The van der Waals surface area contributed by atoms with Gasteiger partial charge in [-0.25, -0.2) is 8.96 Å². The highest BCUT2D eigenvalue weighted by atomic mass is 32.1. The number of carbonyl (C=O) groups excluding carboxylic acids is 1. The van der Waals surface area contributed by atoms with Crippen LogP contribution in [0.4, 0.5) is 4.39 Å². The third-order valence-electron chi connectivity index (χ3n) is 5.39. The Bertz CT molecular complexity index is 1220. The minimum Gasteiger partial charge on any atom is -0.463 e. The van der Waals surface area contributed by atoms with Gasteiger partial charge in [-0.05, 0) is 45.1 Å². The number of hydrogen-bond acceptors (Lipinski definition) is 9. The molecule has 1 aromatic carbocycles. The van der Waals surface area contributed by atoms with Crippen LogP contribution in [-0.4, -0.2) is 57.9 Å². The lowest BCUT2D eigenvalue weighted by molar-refractivity contribution is -0.151. The predicted molar refractivity (Wildman–Crippen MR) is 136 cm³/mol. The maximum Gasteiger partial charge on any atom is 0.380 e. The molecule has 0 amide bonds. The van der Waals surface area contributed by atoms with Crippen LogP contribution >= 0.6 is 32.0 Å². The first-order chi connectivity index (χ1) is 16.9.